The number of halogens is 3. The molecule has 3 N–H and O–H groups in total. The van der Waals surface area contributed by atoms with Gasteiger partial charge in [-0.2, -0.15) is 0 Å². The maximum atomic E-state index is 12.4. The van der Waals surface area contributed by atoms with Crippen molar-refractivity contribution in [3.05, 3.63) is 89.7 Å². The summed E-state index contributed by atoms with van der Waals surface area (Å²) in [6.07, 6.45) is -1.83. The average molecular weight is 571 g/mol. The Morgan fingerprint density at radius 1 is 1.10 bits per heavy atom. The molecule has 40 heavy (non-hydrogen) atoms. The summed E-state index contributed by atoms with van der Waals surface area (Å²) in [5.41, 5.74) is 4.89. The number of hydrogen-bond acceptors (Lipinski definition) is 6. The summed E-state index contributed by atoms with van der Waals surface area (Å²) >= 11 is 4.46. The van der Waals surface area contributed by atoms with Crippen LogP contribution in [0.15, 0.2) is 73.1 Å². The van der Waals surface area contributed by atoms with Gasteiger partial charge in [0.2, 0.25) is 0 Å². The molecule has 0 aliphatic carbocycles. The summed E-state index contributed by atoms with van der Waals surface area (Å²) in [6, 6.07) is 18.6. The zero-order valence-electron chi connectivity index (χ0n) is 21.9. The van der Waals surface area contributed by atoms with Gasteiger partial charge in [-0.05, 0) is 66.8 Å². The Kier molecular flexibility index (Phi) is 9.20. The Morgan fingerprint density at radius 3 is 2.58 bits per heavy atom. The van der Waals surface area contributed by atoms with E-state index in [0.717, 1.165) is 34.4 Å². The van der Waals surface area contributed by atoms with Crippen LogP contribution in [-0.2, 0) is 12.8 Å². The summed E-state index contributed by atoms with van der Waals surface area (Å²) in [7, 11) is 0. The van der Waals surface area contributed by atoms with E-state index in [1.807, 2.05) is 49.4 Å². The van der Waals surface area contributed by atoms with Crippen LogP contribution in [0.1, 0.15) is 23.6 Å². The number of benzene rings is 3. The zero-order valence-corrected chi connectivity index (χ0v) is 22.8. The third kappa shape index (κ3) is 7.92. The monoisotopic (exact) mass is 570 g/mol. The van der Waals surface area contributed by atoms with E-state index in [-0.39, 0.29) is 11.8 Å². The Morgan fingerprint density at radius 2 is 1.85 bits per heavy atom. The zero-order chi connectivity index (χ0) is 28.7. The van der Waals surface area contributed by atoms with Crippen molar-refractivity contribution >= 4 is 24.3 Å². The van der Waals surface area contributed by atoms with Gasteiger partial charge >= 0.3 is 12.4 Å². The first-order valence-electron chi connectivity index (χ1n) is 12.6. The lowest BCUT2D eigenvalue weighted by atomic mass is 10.1. The van der Waals surface area contributed by atoms with Crippen molar-refractivity contribution in [1.82, 2.24) is 25.4 Å². The Bertz CT molecular complexity index is 1440. The average Bonchev–Trinajstić information content (AvgIpc) is 3.40. The topological polar surface area (TPSA) is 93.1 Å². The molecule has 0 bridgehead atoms. The van der Waals surface area contributed by atoms with Crippen molar-refractivity contribution in [3.63, 3.8) is 0 Å². The second kappa shape index (κ2) is 12.8. The highest BCUT2D eigenvalue weighted by molar-refractivity contribution is 7.81. The molecular formula is C28H29F3N6O2S. The molecule has 2 amide bonds. The number of alkyl halides is 3. The molecule has 4 rings (SSSR count). The van der Waals surface area contributed by atoms with Crippen LogP contribution in [0.2, 0.25) is 0 Å². The predicted molar refractivity (Wildman–Crippen MR) is 151 cm³/mol. The fraction of sp³-hybridized carbons (Fsp3) is 0.250. The van der Waals surface area contributed by atoms with Crippen molar-refractivity contribution < 1.29 is 22.7 Å². The number of urea groups is 1. The first-order valence-corrected chi connectivity index (χ1v) is 13.1. The van der Waals surface area contributed by atoms with E-state index >= 15 is 0 Å². The number of amides is 2. The highest BCUT2D eigenvalue weighted by atomic mass is 32.1. The van der Waals surface area contributed by atoms with Crippen LogP contribution in [0, 0.1) is 6.92 Å². The molecule has 0 radical (unpaired) electrons. The summed E-state index contributed by atoms with van der Waals surface area (Å²) < 4.78 is 42.5. The van der Waals surface area contributed by atoms with E-state index < -0.39 is 11.9 Å². The van der Waals surface area contributed by atoms with Gasteiger partial charge in [-0.3, -0.25) is 0 Å². The SMILES string of the molecule is CCc1cccc(C)c1NC(S)NC(=O)NCCc1cccc(-c2ncn(-c3ccc(OC(F)(F)F)cc3)n2)c1. The second-order valence-corrected chi connectivity index (χ2v) is 9.43. The smallest absolute Gasteiger partial charge is 0.406 e. The number of aryl methyl sites for hydroxylation is 2. The molecule has 0 fully saturated rings. The van der Waals surface area contributed by atoms with E-state index in [0.29, 0.717) is 24.5 Å². The molecular weight excluding hydrogens is 541 g/mol. The van der Waals surface area contributed by atoms with Crippen molar-refractivity contribution in [1.29, 1.82) is 0 Å². The molecule has 0 saturated carbocycles. The molecule has 0 aliphatic heterocycles. The van der Waals surface area contributed by atoms with E-state index in [1.54, 1.807) is 0 Å². The second-order valence-electron chi connectivity index (χ2n) is 8.91. The third-order valence-corrected chi connectivity index (χ3v) is 6.26. The molecule has 0 saturated heterocycles. The van der Waals surface area contributed by atoms with Crippen molar-refractivity contribution in [2.75, 3.05) is 11.9 Å². The molecule has 210 valence electrons. The van der Waals surface area contributed by atoms with Crippen LogP contribution in [-0.4, -0.2) is 39.2 Å². The lowest BCUT2D eigenvalue weighted by Gasteiger charge is -2.20. The van der Waals surface area contributed by atoms with Gasteiger partial charge in [0.25, 0.3) is 0 Å². The molecule has 12 heteroatoms. The number of thiol groups is 1. The van der Waals surface area contributed by atoms with Crippen LogP contribution in [0.5, 0.6) is 5.75 Å². The molecule has 0 aliphatic rings. The highest BCUT2D eigenvalue weighted by Crippen LogP contribution is 2.25. The number of rotatable bonds is 10. The number of carbonyl (C=O) groups is 1. The first-order chi connectivity index (χ1) is 19.1. The van der Waals surface area contributed by atoms with E-state index in [9.17, 15) is 18.0 Å². The van der Waals surface area contributed by atoms with Gasteiger partial charge in [-0.1, -0.05) is 43.3 Å². The summed E-state index contributed by atoms with van der Waals surface area (Å²) in [6.45, 7) is 4.47. The fourth-order valence-electron chi connectivity index (χ4n) is 4.08. The van der Waals surface area contributed by atoms with Gasteiger partial charge in [-0.15, -0.1) is 30.9 Å². The minimum Gasteiger partial charge on any atom is -0.406 e. The molecule has 8 nitrogen and oxygen atoms in total. The van der Waals surface area contributed by atoms with Crippen LogP contribution >= 0.6 is 12.6 Å². The molecule has 3 aromatic carbocycles. The molecule has 1 unspecified atom stereocenters. The molecule has 4 aromatic rings. The van der Waals surface area contributed by atoms with E-state index in [1.165, 1.54) is 35.3 Å². The Labute approximate surface area is 235 Å². The van der Waals surface area contributed by atoms with Crippen molar-refractivity contribution in [3.8, 4) is 22.8 Å². The van der Waals surface area contributed by atoms with Gasteiger partial charge in [0.05, 0.1) is 5.69 Å². The third-order valence-electron chi connectivity index (χ3n) is 6.00. The number of nitrogens with zero attached hydrogens (tertiary/aromatic N) is 3. The molecule has 1 heterocycles. The minimum atomic E-state index is -4.75. The largest absolute Gasteiger partial charge is 0.573 e. The number of nitrogens with one attached hydrogen (secondary N) is 3. The standard InChI is InChI=1S/C28H29F3N6O2S/c1-3-20-8-4-6-18(2)24(20)34-27(40)35-26(38)32-15-14-19-7-5-9-21(16-19)25-33-17-37(36-25)22-10-12-23(13-11-22)39-28(29,30)31/h4-13,16-17,27,34,40H,3,14-15H2,1-2H3,(H2,32,35,38). The lowest BCUT2D eigenvalue weighted by Crippen LogP contribution is -2.43. The number of para-hydroxylation sites is 1. The Hall–Kier alpha value is -4.19. The Balaban J connectivity index is 1.29. The normalized spacial score (nSPS) is 12.1. The molecule has 0 spiro atoms. The van der Waals surface area contributed by atoms with Gasteiger partial charge in [-0.25, -0.2) is 14.5 Å². The first kappa shape index (κ1) is 28.8. The maximum absolute atomic E-state index is 12.4. The fourth-order valence-corrected chi connectivity index (χ4v) is 4.33. The van der Waals surface area contributed by atoms with Crippen molar-refractivity contribution in [2.45, 2.75) is 38.5 Å². The predicted octanol–water partition coefficient (Wildman–Crippen LogP) is 5.87. The summed E-state index contributed by atoms with van der Waals surface area (Å²) in [4.78, 5) is 16.7. The van der Waals surface area contributed by atoms with Gasteiger partial charge < -0.3 is 20.7 Å². The summed E-state index contributed by atoms with van der Waals surface area (Å²) in [5, 5.41) is 13.3. The minimum absolute atomic E-state index is 0.315. The lowest BCUT2D eigenvalue weighted by molar-refractivity contribution is -0.274. The number of anilines is 1. The quantitative estimate of drug-likeness (QED) is 0.141. The molecule has 1 aromatic heterocycles. The van der Waals surface area contributed by atoms with Crippen LogP contribution in [0.25, 0.3) is 17.1 Å². The highest BCUT2D eigenvalue weighted by Gasteiger charge is 2.31. The number of hydrogen-bond donors (Lipinski definition) is 4. The van der Waals surface area contributed by atoms with Crippen molar-refractivity contribution in [2.24, 2.45) is 0 Å². The van der Waals surface area contributed by atoms with Gasteiger partial charge in [0, 0.05) is 17.8 Å². The maximum Gasteiger partial charge on any atom is 0.573 e. The van der Waals surface area contributed by atoms with E-state index in [4.69, 9.17) is 0 Å². The van der Waals surface area contributed by atoms with Gasteiger partial charge in [0.1, 0.15) is 17.6 Å². The van der Waals surface area contributed by atoms with Crippen LogP contribution in [0.3, 0.4) is 0 Å². The van der Waals surface area contributed by atoms with Crippen LogP contribution < -0.4 is 20.7 Å². The van der Waals surface area contributed by atoms with E-state index in [2.05, 4.69) is 50.3 Å². The van der Waals surface area contributed by atoms with Gasteiger partial charge in [0.15, 0.2) is 5.82 Å². The number of carbonyl (C=O) groups excluding carboxylic acids is 1. The number of ether oxygens (including phenoxy) is 1. The molecule has 1 atom stereocenters. The number of aromatic nitrogens is 3. The van der Waals surface area contributed by atoms with Crippen LogP contribution in [0.4, 0.5) is 23.7 Å². The summed E-state index contributed by atoms with van der Waals surface area (Å²) in [5.74, 6) is 0.138.